The topological polar surface area (TPSA) is 70.6 Å². The summed E-state index contributed by atoms with van der Waals surface area (Å²) in [6.07, 6.45) is 1.87. The summed E-state index contributed by atoms with van der Waals surface area (Å²) in [4.78, 5) is 4.55. The van der Waals surface area contributed by atoms with Crippen LogP contribution in [0.25, 0.3) is 0 Å². The highest BCUT2D eigenvalue weighted by Gasteiger charge is 2.20. The molecule has 0 atom stereocenters. The zero-order valence-electron chi connectivity index (χ0n) is 14.9. The highest BCUT2D eigenvalue weighted by Crippen LogP contribution is 2.20. The zero-order valence-corrected chi connectivity index (χ0v) is 16.5. The van der Waals surface area contributed by atoms with Gasteiger partial charge in [0.2, 0.25) is 0 Å². The number of aliphatic imine (C=N–C) groups is 1. The SMILES string of the molecule is CCNC(=NCc1ccccc1Cl)NCC(C)(C)CCS(C)(=O)=O. The first-order valence-electron chi connectivity index (χ1n) is 8.06. The molecule has 136 valence electrons. The average molecular weight is 374 g/mol. The van der Waals surface area contributed by atoms with Crippen molar-refractivity contribution in [2.45, 2.75) is 33.7 Å². The van der Waals surface area contributed by atoms with Gasteiger partial charge in [-0.25, -0.2) is 13.4 Å². The number of guanidine groups is 1. The van der Waals surface area contributed by atoms with Gasteiger partial charge in [-0.05, 0) is 30.4 Å². The predicted octanol–water partition coefficient (Wildman–Crippen LogP) is 2.86. The summed E-state index contributed by atoms with van der Waals surface area (Å²) in [5.41, 5.74) is 0.816. The molecule has 2 N–H and O–H groups in total. The minimum atomic E-state index is -2.95. The van der Waals surface area contributed by atoms with Gasteiger partial charge in [0.15, 0.2) is 5.96 Å². The Balaban J connectivity index is 2.65. The largest absolute Gasteiger partial charge is 0.357 e. The molecule has 1 aromatic carbocycles. The van der Waals surface area contributed by atoms with E-state index in [4.69, 9.17) is 11.6 Å². The second-order valence-corrected chi connectivity index (χ2v) is 9.35. The normalized spacial score (nSPS) is 13.0. The second kappa shape index (κ2) is 9.28. The first kappa shape index (κ1) is 20.8. The third kappa shape index (κ3) is 8.55. The molecule has 0 aliphatic rings. The molecule has 1 aromatic rings. The molecule has 0 amide bonds. The summed E-state index contributed by atoms with van der Waals surface area (Å²) < 4.78 is 22.7. The van der Waals surface area contributed by atoms with Gasteiger partial charge in [0.25, 0.3) is 0 Å². The van der Waals surface area contributed by atoms with E-state index in [0.29, 0.717) is 30.5 Å². The highest BCUT2D eigenvalue weighted by molar-refractivity contribution is 7.90. The van der Waals surface area contributed by atoms with E-state index in [-0.39, 0.29) is 11.2 Å². The van der Waals surface area contributed by atoms with E-state index >= 15 is 0 Å². The van der Waals surface area contributed by atoms with E-state index < -0.39 is 9.84 Å². The number of hydrogen-bond donors (Lipinski definition) is 2. The van der Waals surface area contributed by atoms with Crippen molar-refractivity contribution in [3.05, 3.63) is 34.9 Å². The maximum atomic E-state index is 11.3. The van der Waals surface area contributed by atoms with Crippen molar-refractivity contribution in [2.24, 2.45) is 10.4 Å². The summed E-state index contributed by atoms with van der Waals surface area (Å²) >= 11 is 6.15. The monoisotopic (exact) mass is 373 g/mol. The molecule has 24 heavy (non-hydrogen) atoms. The van der Waals surface area contributed by atoms with Gasteiger partial charge in [0.1, 0.15) is 9.84 Å². The van der Waals surface area contributed by atoms with E-state index in [1.807, 2.05) is 45.0 Å². The Morgan fingerprint density at radius 1 is 1.25 bits per heavy atom. The second-order valence-electron chi connectivity index (χ2n) is 6.68. The minimum Gasteiger partial charge on any atom is -0.357 e. The van der Waals surface area contributed by atoms with Gasteiger partial charge in [-0.2, -0.15) is 0 Å². The Hall–Kier alpha value is -1.27. The molecule has 7 heteroatoms. The highest BCUT2D eigenvalue weighted by atomic mass is 35.5. The number of hydrogen-bond acceptors (Lipinski definition) is 3. The van der Waals surface area contributed by atoms with Crippen molar-refractivity contribution in [3.63, 3.8) is 0 Å². The van der Waals surface area contributed by atoms with Gasteiger partial charge in [-0.3, -0.25) is 0 Å². The van der Waals surface area contributed by atoms with Crippen LogP contribution in [0.1, 0.15) is 32.8 Å². The Bertz CT molecular complexity index is 658. The molecular weight excluding hydrogens is 346 g/mol. The smallest absolute Gasteiger partial charge is 0.191 e. The van der Waals surface area contributed by atoms with Crippen LogP contribution in [0, 0.1) is 5.41 Å². The molecule has 0 bridgehead atoms. The van der Waals surface area contributed by atoms with Crippen molar-refractivity contribution >= 4 is 27.4 Å². The van der Waals surface area contributed by atoms with E-state index in [1.165, 1.54) is 6.26 Å². The van der Waals surface area contributed by atoms with Crippen molar-refractivity contribution < 1.29 is 8.42 Å². The van der Waals surface area contributed by atoms with Crippen LogP contribution < -0.4 is 10.6 Å². The standard InChI is InChI=1S/C17H28ClN3O2S/c1-5-19-16(20-12-14-8-6-7-9-15(14)18)21-13-17(2,3)10-11-24(4,22)23/h6-9H,5,10-13H2,1-4H3,(H2,19,20,21). The number of sulfone groups is 1. The molecule has 5 nitrogen and oxygen atoms in total. The number of nitrogens with one attached hydrogen (secondary N) is 2. The van der Waals surface area contributed by atoms with Crippen LogP contribution >= 0.6 is 11.6 Å². The van der Waals surface area contributed by atoms with Crippen LogP contribution in [0.15, 0.2) is 29.3 Å². The zero-order chi connectivity index (χ0) is 18.2. The van der Waals surface area contributed by atoms with Gasteiger partial charge in [0.05, 0.1) is 12.3 Å². The molecule has 1 rings (SSSR count). The molecule has 0 aromatic heterocycles. The quantitative estimate of drug-likeness (QED) is 0.543. The summed E-state index contributed by atoms with van der Waals surface area (Å²) in [6, 6.07) is 7.63. The summed E-state index contributed by atoms with van der Waals surface area (Å²) in [5.74, 6) is 0.888. The lowest BCUT2D eigenvalue weighted by Gasteiger charge is -2.25. The predicted molar refractivity (Wildman–Crippen MR) is 102 cm³/mol. The van der Waals surface area contributed by atoms with Crippen LogP contribution in [-0.2, 0) is 16.4 Å². The fourth-order valence-electron chi connectivity index (χ4n) is 2.01. The van der Waals surface area contributed by atoms with Crippen LogP contribution in [0.2, 0.25) is 5.02 Å². The molecule has 0 spiro atoms. The molecule has 0 aliphatic carbocycles. The molecule has 0 aliphatic heterocycles. The van der Waals surface area contributed by atoms with Crippen LogP contribution in [-0.4, -0.2) is 39.5 Å². The maximum absolute atomic E-state index is 11.3. The Morgan fingerprint density at radius 3 is 2.50 bits per heavy atom. The van der Waals surface area contributed by atoms with Crippen molar-refractivity contribution in [1.82, 2.24) is 10.6 Å². The Kier molecular flexibility index (Phi) is 8.03. The van der Waals surface area contributed by atoms with Gasteiger partial charge >= 0.3 is 0 Å². The van der Waals surface area contributed by atoms with Crippen LogP contribution in [0.5, 0.6) is 0 Å². The number of nitrogens with zero attached hydrogens (tertiary/aromatic N) is 1. The maximum Gasteiger partial charge on any atom is 0.191 e. The lowest BCUT2D eigenvalue weighted by atomic mass is 9.90. The van der Waals surface area contributed by atoms with Gasteiger partial charge in [0, 0.05) is 24.4 Å². The lowest BCUT2D eigenvalue weighted by Crippen LogP contribution is -2.42. The summed E-state index contributed by atoms with van der Waals surface area (Å²) in [5, 5.41) is 7.18. The summed E-state index contributed by atoms with van der Waals surface area (Å²) in [6.45, 7) is 7.96. The third-order valence-electron chi connectivity index (χ3n) is 3.59. The molecule has 0 fully saturated rings. The Morgan fingerprint density at radius 2 is 1.92 bits per heavy atom. The molecular formula is C17H28ClN3O2S. The first-order chi connectivity index (χ1) is 11.1. The first-order valence-corrected chi connectivity index (χ1v) is 10.5. The van der Waals surface area contributed by atoms with Gasteiger partial charge < -0.3 is 10.6 Å². The van der Waals surface area contributed by atoms with Crippen LogP contribution in [0.3, 0.4) is 0 Å². The van der Waals surface area contributed by atoms with Crippen LogP contribution in [0.4, 0.5) is 0 Å². The number of halogens is 1. The van der Waals surface area contributed by atoms with E-state index in [1.54, 1.807) is 0 Å². The van der Waals surface area contributed by atoms with Crippen molar-refractivity contribution in [2.75, 3.05) is 25.1 Å². The minimum absolute atomic E-state index is 0.149. The molecule has 0 saturated heterocycles. The van der Waals surface area contributed by atoms with Gasteiger partial charge in [-0.1, -0.05) is 43.6 Å². The van der Waals surface area contributed by atoms with E-state index in [0.717, 1.165) is 12.1 Å². The molecule has 0 unspecified atom stereocenters. The van der Waals surface area contributed by atoms with Crippen molar-refractivity contribution in [1.29, 1.82) is 0 Å². The van der Waals surface area contributed by atoms with Gasteiger partial charge in [-0.15, -0.1) is 0 Å². The average Bonchev–Trinajstić information content (AvgIpc) is 2.49. The fourth-order valence-corrected chi connectivity index (χ4v) is 3.12. The number of benzene rings is 1. The fraction of sp³-hybridized carbons (Fsp3) is 0.588. The molecule has 0 saturated carbocycles. The number of rotatable bonds is 8. The van der Waals surface area contributed by atoms with Crippen molar-refractivity contribution in [3.8, 4) is 0 Å². The lowest BCUT2D eigenvalue weighted by molar-refractivity contribution is 0.348. The third-order valence-corrected chi connectivity index (χ3v) is 4.91. The molecule has 0 radical (unpaired) electrons. The molecule has 0 heterocycles. The van der Waals surface area contributed by atoms with E-state index in [9.17, 15) is 8.42 Å². The summed E-state index contributed by atoms with van der Waals surface area (Å²) in [7, 11) is -2.95. The Labute approximate surface area is 150 Å². The van der Waals surface area contributed by atoms with E-state index in [2.05, 4.69) is 15.6 Å².